The highest BCUT2D eigenvalue weighted by atomic mass is 32.2. The standard InChI is InChI=1S/C23H19NO5S/c1-16-11-19(22-7-4-10-28-22)14-21(12-16)30(26,27)24-23(25)15-29-20-9-8-17-5-2-3-6-18(17)13-20/h2-14H,15H2,1H3,(H,24,25). The second-order valence-corrected chi connectivity index (χ2v) is 8.52. The highest BCUT2D eigenvalue weighted by molar-refractivity contribution is 7.90. The second-order valence-electron chi connectivity index (χ2n) is 6.84. The smallest absolute Gasteiger partial charge is 0.271 e. The molecule has 0 fully saturated rings. The Hall–Kier alpha value is -3.58. The van der Waals surface area contributed by atoms with Gasteiger partial charge in [-0.3, -0.25) is 4.79 Å². The predicted octanol–water partition coefficient (Wildman–Crippen LogP) is 4.29. The molecule has 0 saturated carbocycles. The van der Waals surface area contributed by atoms with E-state index in [0.717, 1.165) is 16.3 Å². The van der Waals surface area contributed by atoms with Gasteiger partial charge in [0.1, 0.15) is 11.5 Å². The molecule has 3 aromatic carbocycles. The third-order valence-electron chi connectivity index (χ3n) is 4.51. The SMILES string of the molecule is Cc1cc(-c2ccco2)cc(S(=O)(=O)NC(=O)COc2ccc3ccccc3c2)c1. The zero-order chi connectivity index (χ0) is 21.1. The van der Waals surface area contributed by atoms with E-state index in [2.05, 4.69) is 4.72 Å². The molecule has 1 amide bonds. The van der Waals surface area contributed by atoms with E-state index in [-0.39, 0.29) is 4.90 Å². The third-order valence-corrected chi connectivity index (χ3v) is 5.86. The maximum Gasteiger partial charge on any atom is 0.271 e. The van der Waals surface area contributed by atoms with Crippen LogP contribution >= 0.6 is 0 Å². The fraction of sp³-hybridized carbons (Fsp3) is 0.0870. The number of carbonyl (C=O) groups excluding carboxylic acids is 1. The number of sulfonamides is 1. The van der Waals surface area contributed by atoms with Gasteiger partial charge in [-0.15, -0.1) is 0 Å². The molecule has 1 heterocycles. The largest absolute Gasteiger partial charge is 0.484 e. The molecular formula is C23H19NO5S. The van der Waals surface area contributed by atoms with Crippen LogP contribution in [0.3, 0.4) is 0 Å². The minimum absolute atomic E-state index is 0.0204. The van der Waals surface area contributed by atoms with Gasteiger partial charge in [-0.1, -0.05) is 30.3 Å². The summed E-state index contributed by atoms with van der Waals surface area (Å²) in [5.74, 6) is 0.266. The number of hydrogen-bond acceptors (Lipinski definition) is 5. The molecule has 0 unspecified atom stereocenters. The number of amides is 1. The van der Waals surface area contributed by atoms with Crippen LogP contribution < -0.4 is 9.46 Å². The number of benzene rings is 3. The number of furan rings is 1. The number of ether oxygens (including phenoxy) is 1. The monoisotopic (exact) mass is 421 g/mol. The maximum absolute atomic E-state index is 12.7. The highest BCUT2D eigenvalue weighted by Gasteiger charge is 2.20. The van der Waals surface area contributed by atoms with Gasteiger partial charge in [-0.25, -0.2) is 13.1 Å². The van der Waals surface area contributed by atoms with Crippen LogP contribution in [0.2, 0.25) is 0 Å². The highest BCUT2D eigenvalue weighted by Crippen LogP contribution is 2.25. The van der Waals surface area contributed by atoms with Gasteiger partial charge in [-0.05, 0) is 65.7 Å². The van der Waals surface area contributed by atoms with Crippen LogP contribution in [0.25, 0.3) is 22.1 Å². The molecule has 0 bridgehead atoms. The fourth-order valence-corrected chi connectivity index (χ4v) is 4.23. The number of fused-ring (bicyclic) bond motifs is 1. The average molecular weight is 421 g/mol. The fourth-order valence-electron chi connectivity index (χ4n) is 3.13. The van der Waals surface area contributed by atoms with Gasteiger partial charge in [-0.2, -0.15) is 0 Å². The Bertz CT molecular complexity index is 1310. The molecule has 0 spiro atoms. The Morgan fingerprint density at radius 3 is 2.53 bits per heavy atom. The molecule has 7 heteroatoms. The summed E-state index contributed by atoms with van der Waals surface area (Å²) < 4.78 is 38.2. The van der Waals surface area contributed by atoms with Crippen molar-refractivity contribution in [3.8, 4) is 17.1 Å². The van der Waals surface area contributed by atoms with Crippen LogP contribution in [0.4, 0.5) is 0 Å². The van der Waals surface area contributed by atoms with Gasteiger partial charge in [0.2, 0.25) is 0 Å². The van der Waals surface area contributed by atoms with Crippen molar-refractivity contribution in [3.05, 3.63) is 84.6 Å². The Balaban J connectivity index is 1.47. The van der Waals surface area contributed by atoms with Crippen LogP contribution in [0.1, 0.15) is 5.56 Å². The molecule has 0 saturated heterocycles. The Labute approximate surface area is 174 Å². The zero-order valence-electron chi connectivity index (χ0n) is 16.2. The quantitative estimate of drug-likeness (QED) is 0.502. The average Bonchev–Trinajstić information content (AvgIpc) is 3.26. The number of rotatable bonds is 6. The Kier molecular flexibility index (Phi) is 5.29. The summed E-state index contributed by atoms with van der Waals surface area (Å²) in [5, 5.41) is 2.01. The summed E-state index contributed by atoms with van der Waals surface area (Å²) in [6.07, 6.45) is 1.51. The van der Waals surface area contributed by atoms with Crippen molar-refractivity contribution in [1.82, 2.24) is 4.72 Å². The molecule has 0 aliphatic rings. The van der Waals surface area contributed by atoms with Gasteiger partial charge in [0.05, 0.1) is 11.2 Å². The van der Waals surface area contributed by atoms with Crippen molar-refractivity contribution >= 4 is 26.7 Å². The normalized spacial score (nSPS) is 11.4. The van der Waals surface area contributed by atoms with Crippen molar-refractivity contribution in [2.75, 3.05) is 6.61 Å². The first-order valence-corrected chi connectivity index (χ1v) is 10.7. The molecule has 0 aliphatic carbocycles. The molecular weight excluding hydrogens is 402 g/mol. The van der Waals surface area contributed by atoms with E-state index < -0.39 is 22.5 Å². The van der Waals surface area contributed by atoms with E-state index >= 15 is 0 Å². The maximum atomic E-state index is 12.7. The van der Waals surface area contributed by atoms with E-state index in [1.54, 1.807) is 31.2 Å². The van der Waals surface area contributed by atoms with E-state index in [0.29, 0.717) is 17.1 Å². The van der Waals surface area contributed by atoms with Crippen molar-refractivity contribution < 1.29 is 22.4 Å². The van der Waals surface area contributed by atoms with E-state index in [9.17, 15) is 13.2 Å². The zero-order valence-corrected chi connectivity index (χ0v) is 17.0. The van der Waals surface area contributed by atoms with Crippen molar-refractivity contribution in [3.63, 3.8) is 0 Å². The lowest BCUT2D eigenvalue weighted by Crippen LogP contribution is -2.34. The molecule has 1 N–H and O–H groups in total. The van der Waals surface area contributed by atoms with E-state index in [1.165, 1.54) is 18.4 Å². The van der Waals surface area contributed by atoms with Gasteiger partial charge >= 0.3 is 0 Å². The summed E-state index contributed by atoms with van der Waals surface area (Å²) in [4.78, 5) is 12.2. The molecule has 1 aromatic heterocycles. The summed E-state index contributed by atoms with van der Waals surface area (Å²) >= 11 is 0. The first-order valence-electron chi connectivity index (χ1n) is 9.23. The number of nitrogens with one attached hydrogen (secondary N) is 1. The van der Waals surface area contributed by atoms with Crippen LogP contribution in [0.5, 0.6) is 5.75 Å². The van der Waals surface area contributed by atoms with Gasteiger partial charge in [0.15, 0.2) is 6.61 Å². The Morgan fingerprint density at radius 2 is 1.77 bits per heavy atom. The first kappa shape index (κ1) is 19.7. The van der Waals surface area contributed by atoms with Crippen molar-refractivity contribution in [2.45, 2.75) is 11.8 Å². The van der Waals surface area contributed by atoms with Gasteiger partial charge in [0.25, 0.3) is 15.9 Å². The Morgan fingerprint density at radius 1 is 0.967 bits per heavy atom. The van der Waals surface area contributed by atoms with Crippen LogP contribution in [0, 0.1) is 6.92 Å². The van der Waals surface area contributed by atoms with Gasteiger partial charge < -0.3 is 9.15 Å². The van der Waals surface area contributed by atoms with Crippen LogP contribution in [-0.2, 0) is 14.8 Å². The van der Waals surface area contributed by atoms with Crippen LogP contribution in [-0.4, -0.2) is 20.9 Å². The lowest BCUT2D eigenvalue weighted by atomic mass is 10.1. The molecule has 30 heavy (non-hydrogen) atoms. The lowest BCUT2D eigenvalue weighted by molar-refractivity contribution is -0.121. The summed E-state index contributed by atoms with van der Waals surface area (Å²) in [6, 6.07) is 21.4. The minimum atomic E-state index is -4.06. The summed E-state index contributed by atoms with van der Waals surface area (Å²) in [7, 11) is -4.06. The summed E-state index contributed by atoms with van der Waals surface area (Å²) in [5.41, 5.74) is 1.34. The van der Waals surface area contributed by atoms with E-state index in [4.69, 9.17) is 9.15 Å². The van der Waals surface area contributed by atoms with Crippen LogP contribution in [0.15, 0.2) is 88.4 Å². The molecule has 152 valence electrons. The van der Waals surface area contributed by atoms with E-state index in [1.807, 2.05) is 36.4 Å². The summed E-state index contributed by atoms with van der Waals surface area (Å²) in [6.45, 7) is 1.35. The number of aryl methyl sites for hydroxylation is 1. The molecule has 4 rings (SSSR count). The first-order chi connectivity index (χ1) is 14.4. The van der Waals surface area contributed by atoms with Crippen molar-refractivity contribution in [1.29, 1.82) is 0 Å². The molecule has 0 radical (unpaired) electrons. The second kappa shape index (κ2) is 8.04. The third kappa shape index (κ3) is 4.36. The minimum Gasteiger partial charge on any atom is -0.484 e. The predicted molar refractivity (Wildman–Crippen MR) is 114 cm³/mol. The molecule has 0 aliphatic heterocycles. The molecule has 6 nitrogen and oxygen atoms in total. The lowest BCUT2D eigenvalue weighted by Gasteiger charge is -2.10. The molecule has 4 aromatic rings. The van der Waals surface area contributed by atoms with Gasteiger partial charge in [0, 0.05) is 5.56 Å². The topological polar surface area (TPSA) is 85.6 Å². The molecule has 0 atom stereocenters. The van der Waals surface area contributed by atoms with Crippen molar-refractivity contribution in [2.24, 2.45) is 0 Å². The number of carbonyl (C=O) groups is 1. The number of hydrogen-bond donors (Lipinski definition) is 1.